The molecule has 82 valence electrons. The third kappa shape index (κ3) is 3.72. The molecule has 15 heavy (non-hydrogen) atoms. The summed E-state index contributed by atoms with van der Waals surface area (Å²) in [4.78, 5) is 10.9. The summed E-state index contributed by atoms with van der Waals surface area (Å²) in [7, 11) is 1.39. The largest absolute Gasteiger partial charge is 0.468 e. The Hall–Kier alpha value is -1.35. The number of benzene rings is 1. The molecule has 0 fully saturated rings. The average molecular weight is 207 g/mol. The second kappa shape index (κ2) is 5.51. The maximum Gasteiger partial charge on any atom is 0.319 e. The third-order valence-corrected chi connectivity index (χ3v) is 2.32. The molecule has 1 aromatic rings. The fourth-order valence-electron chi connectivity index (χ4n) is 1.37. The molecule has 1 unspecified atom stereocenters. The SMILES string of the molecule is COC(=O)CNC(C)c1cccc(C)c1. The highest BCUT2D eigenvalue weighted by atomic mass is 16.5. The molecule has 1 aromatic carbocycles. The highest BCUT2D eigenvalue weighted by Gasteiger charge is 2.07. The van der Waals surface area contributed by atoms with E-state index in [1.54, 1.807) is 0 Å². The van der Waals surface area contributed by atoms with Crippen molar-refractivity contribution in [1.82, 2.24) is 5.32 Å². The van der Waals surface area contributed by atoms with Crippen molar-refractivity contribution in [3.63, 3.8) is 0 Å². The lowest BCUT2D eigenvalue weighted by atomic mass is 10.1. The van der Waals surface area contributed by atoms with Crippen LogP contribution in [0, 0.1) is 6.92 Å². The highest BCUT2D eigenvalue weighted by molar-refractivity contribution is 5.71. The highest BCUT2D eigenvalue weighted by Crippen LogP contribution is 2.13. The first-order chi connectivity index (χ1) is 7.13. The number of rotatable bonds is 4. The molecule has 0 aliphatic carbocycles. The number of carbonyl (C=O) groups is 1. The van der Waals surface area contributed by atoms with Crippen molar-refractivity contribution in [2.45, 2.75) is 19.9 Å². The molecule has 0 bridgehead atoms. The Balaban J connectivity index is 2.53. The molecule has 0 aliphatic rings. The summed E-state index contributed by atoms with van der Waals surface area (Å²) >= 11 is 0. The van der Waals surface area contributed by atoms with Gasteiger partial charge in [-0.25, -0.2) is 0 Å². The first kappa shape index (κ1) is 11.7. The van der Waals surface area contributed by atoms with Crippen LogP contribution in [0.15, 0.2) is 24.3 Å². The zero-order valence-electron chi connectivity index (χ0n) is 9.41. The van der Waals surface area contributed by atoms with E-state index in [0.29, 0.717) is 0 Å². The molecule has 0 aliphatic heterocycles. The van der Waals surface area contributed by atoms with Gasteiger partial charge in [0.05, 0.1) is 13.7 Å². The third-order valence-electron chi connectivity index (χ3n) is 2.32. The number of methoxy groups -OCH3 is 1. The summed E-state index contributed by atoms with van der Waals surface area (Å²) in [6.45, 7) is 4.32. The van der Waals surface area contributed by atoms with Gasteiger partial charge in [0, 0.05) is 6.04 Å². The van der Waals surface area contributed by atoms with E-state index in [0.717, 1.165) is 0 Å². The van der Waals surface area contributed by atoms with Crippen LogP contribution in [0.2, 0.25) is 0 Å². The number of carbonyl (C=O) groups excluding carboxylic acids is 1. The number of ether oxygens (including phenoxy) is 1. The Morgan fingerprint density at radius 3 is 2.87 bits per heavy atom. The first-order valence-electron chi connectivity index (χ1n) is 5.00. The van der Waals surface area contributed by atoms with Gasteiger partial charge in [0.1, 0.15) is 0 Å². The number of aryl methyl sites for hydroxylation is 1. The number of hydrogen-bond acceptors (Lipinski definition) is 3. The standard InChI is InChI=1S/C12H17NO2/c1-9-5-4-6-11(7-9)10(2)13-8-12(14)15-3/h4-7,10,13H,8H2,1-3H3. The van der Waals surface area contributed by atoms with E-state index < -0.39 is 0 Å². The van der Waals surface area contributed by atoms with Gasteiger partial charge in [0.15, 0.2) is 0 Å². The van der Waals surface area contributed by atoms with Gasteiger partial charge in [0.2, 0.25) is 0 Å². The summed E-state index contributed by atoms with van der Waals surface area (Å²) in [5, 5.41) is 3.10. The summed E-state index contributed by atoms with van der Waals surface area (Å²) in [6.07, 6.45) is 0. The van der Waals surface area contributed by atoms with E-state index in [1.165, 1.54) is 18.2 Å². The maximum atomic E-state index is 10.9. The first-order valence-corrected chi connectivity index (χ1v) is 5.00. The van der Waals surface area contributed by atoms with Crippen molar-refractivity contribution in [3.05, 3.63) is 35.4 Å². The number of nitrogens with one attached hydrogen (secondary N) is 1. The smallest absolute Gasteiger partial charge is 0.319 e. The minimum atomic E-state index is -0.241. The quantitative estimate of drug-likeness (QED) is 0.765. The molecule has 0 saturated carbocycles. The van der Waals surface area contributed by atoms with Crippen molar-refractivity contribution in [3.8, 4) is 0 Å². The summed E-state index contributed by atoms with van der Waals surface area (Å²) in [6, 6.07) is 8.37. The van der Waals surface area contributed by atoms with Crippen LogP contribution in [-0.4, -0.2) is 19.6 Å². The van der Waals surface area contributed by atoms with E-state index in [2.05, 4.69) is 29.1 Å². The van der Waals surface area contributed by atoms with Crippen molar-refractivity contribution in [2.24, 2.45) is 0 Å². The van der Waals surface area contributed by atoms with Crippen molar-refractivity contribution < 1.29 is 9.53 Å². The van der Waals surface area contributed by atoms with E-state index in [1.807, 2.05) is 19.1 Å². The normalized spacial score (nSPS) is 12.2. The molecule has 1 N–H and O–H groups in total. The molecular formula is C12H17NO2. The van der Waals surface area contributed by atoms with E-state index in [9.17, 15) is 4.79 Å². The van der Waals surface area contributed by atoms with Crippen molar-refractivity contribution in [2.75, 3.05) is 13.7 Å². The molecule has 0 saturated heterocycles. The molecule has 0 spiro atoms. The zero-order valence-corrected chi connectivity index (χ0v) is 9.41. The van der Waals surface area contributed by atoms with Crippen LogP contribution >= 0.6 is 0 Å². The minimum Gasteiger partial charge on any atom is -0.468 e. The summed E-state index contributed by atoms with van der Waals surface area (Å²) in [5.41, 5.74) is 2.40. The van der Waals surface area contributed by atoms with Crippen molar-refractivity contribution in [1.29, 1.82) is 0 Å². The Bertz CT molecular complexity index is 336. The zero-order chi connectivity index (χ0) is 11.3. The fourth-order valence-corrected chi connectivity index (χ4v) is 1.37. The van der Waals surface area contributed by atoms with Crippen LogP contribution in [-0.2, 0) is 9.53 Å². The van der Waals surface area contributed by atoms with Crippen LogP contribution in [0.4, 0.5) is 0 Å². The Morgan fingerprint density at radius 2 is 2.27 bits per heavy atom. The Morgan fingerprint density at radius 1 is 1.53 bits per heavy atom. The summed E-state index contributed by atoms with van der Waals surface area (Å²) in [5.74, 6) is -0.241. The Kier molecular flexibility index (Phi) is 4.31. The van der Waals surface area contributed by atoms with Crippen LogP contribution in [0.5, 0.6) is 0 Å². The van der Waals surface area contributed by atoms with Gasteiger partial charge in [-0.1, -0.05) is 29.8 Å². The van der Waals surface area contributed by atoms with E-state index >= 15 is 0 Å². The lowest BCUT2D eigenvalue weighted by Crippen LogP contribution is -2.26. The number of hydrogen-bond donors (Lipinski definition) is 1. The molecule has 0 heterocycles. The van der Waals surface area contributed by atoms with Gasteiger partial charge in [-0.3, -0.25) is 4.79 Å². The monoisotopic (exact) mass is 207 g/mol. The lowest BCUT2D eigenvalue weighted by molar-refractivity contribution is -0.139. The molecule has 3 nitrogen and oxygen atoms in total. The van der Waals surface area contributed by atoms with E-state index in [-0.39, 0.29) is 18.6 Å². The van der Waals surface area contributed by atoms with Crippen molar-refractivity contribution >= 4 is 5.97 Å². The molecule has 1 rings (SSSR count). The summed E-state index contributed by atoms with van der Waals surface area (Å²) < 4.78 is 4.56. The fraction of sp³-hybridized carbons (Fsp3) is 0.417. The molecule has 0 radical (unpaired) electrons. The lowest BCUT2D eigenvalue weighted by Gasteiger charge is -2.13. The number of esters is 1. The molecule has 1 atom stereocenters. The van der Waals surface area contributed by atoms with E-state index in [4.69, 9.17) is 0 Å². The predicted molar refractivity (Wildman–Crippen MR) is 59.6 cm³/mol. The molecule has 0 aromatic heterocycles. The van der Waals surface area contributed by atoms with Gasteiger partial charge in [-0.15, -0.1) is 0 Å². The van der Waals surface area contributed by atoms with Gasteiger partial charge < -0.3 is 10.1 Å². The second-order valence-corrected chi connectivity index (χ2v) is 3.59. The molecule has 0 amide bonds. The van der Waals surface area contributed by atoms with Gasteiger partial charge in [-0.05, 0) is 19.4 Å². The van der Waals surface area contributed by atoms with Crippen LogP contribution in [0.3, 0.4) is 0 Å². The topological polar surface area (TPSA) is 38.3 Å². The molecular weight excluding hydrogens is 190 g/mol. The van der Waals surface area contributed by atoms with Crippen LogP contribution in [0.1, 0.15) is 24.1 Å². The minimum absolute atomic E-state index is 0.156. The van der Waals surface area contributed by atoms with Crippen LogP contribution < -0.4 is 5.32 Å². The van der Waals surface area contributed by atoms with Gasteiger partial charge in [-0.2, -0.15) is 0 Å². The molecule has 3 heteroatoms. The maximum absolute atomic E-state index is 10.9. The van der Waals surface area contributed by atoms with Crippen LogP contribution in [0.25, 0.3) is 0 Å². The Labute approximate surface area is 90.4 Å². The van der Waals surface area contributed by atoms with Gasteiger partial charge >= 0.3 is 5.97 Å². The second-order valence-electron chi connectivity index (χ2n) is 3.59. The van der Waals surface area contributed by atoms with Gasteiger partial charge in [0.25, 0.3) is 0 Å². The average Bonchev–Trinajstić information content (AvgIpc) is 2.25. The predicted octanol–water partition coefficient (Wildman–Crippen LogP) is 1.82.